The molecule has 0 N–H and O–H groups in total. The van der Waals surface area contributed by atoms with Gasteiger partial charge in [-0.3, -0.25) is 14.5 Å². The average molecular weight is 385 g/mol. The molecule has 1 aliphatic heterocycles. The minimum Gasteiger partial charge on any atom is -0.457 e. The molecule has 0 unspecified atom stereocenters. The number of ether oxygens (including phenoxy) is 1. The van der Waals surface area contributed by atoms with Crippen molar-refractivity contribution in [3.8, 4) is 11.5 Å². The molecule has 4 heteroatoms. The van der Waals surface area contributed by atoms with Gasteiger partial charge in [-0.15, -0.1) is 0 Å². The van der Waals surface area contributed by atoms with Crippen LogP contribution in [-0.2, 0) is 9.59 Å². The van der Waals surface area contributed by atoms with E-state index in [1.165, 1.54) is 11.3 Å². The summed E-state index contributed by atoms with van der Waals surface area (Å²) in [5.74, 6) is 2.87. The third kappa shape index (κ3) is 2.44. The molecule has 2 bridgehead atoms. The summed E-state index contributed by atoms with van der Waals surface area (Å²) in [6, 6.07) is 13.4. The van der Waals surface area contributed by atoms with Gasteiger partial charge in [-0.1, -0.05) is 18.2 Å². The van der Waals surface area contributed by atoms with Crippen molar-refractivity contribution in [3.63, 3.8) is 0 Å². The number of allylic oxidation sites excluding steroid dienone is 2. The molecule has 0 radical (unpaired) electrons. The lowest BCUT2D eigenvalue weighted by Crippen LogP contribution is -2.40. The Morgan fingerprint density at radius 3 is 1.90 bits per heavy atom. The second kappa shape index (κ2) is 5.82. The van der Waals surface area contributed by atoms with Crippen LogP contribution in [0.2, 0.25) is 0 Å². The van der Waals surface area contributed by atoms with E-state index in [2.05, 4.69) is 18.2 Å². The molecule has 1 heterocycles. The summed E-state index contributed by atoms with van der Waals surface area (Å²) < 4.78 is 5.97. The molecule has 2 amide bonds. The van der Waals surface area contributed by atoms with Gasteiger partial charge in [0.05, 0.1) is 17.5 Å². The van der Waals surface area contributed by atoms with Crippen molar-refractivity contribution in [2.75, 3.05) is 4.90 Å². The Kier molecular flexibility index (Phi) is 3.41. The van der Waals surface area contributed by atoms with Gasteiger partial charge in [0.2, 0.25) is 11.8 Å². The summed E-state index contributed by atoms with van der Waals surface area (Å²) in [6.45, 7) is 4.08. The standard InChI is InChI=1S/C25H23NO3/c1-13-9-14(2)11-17(10-13)29-16-5-3-15(4-6-16)26-24(27)22-18-7-8-19(21-12-20(18)21)23(22)25(26)28/h3-11,18-23H,12H2,1-2H3/t18-,19-,20-,21-,22+,23+/m1/s1. The van der Waals surface area contributed by atoms with Crippen molar-refractivity contribution in [2.45, 2.75) is 20.3 Å². The number of nitrogens with zero attached hydrogens (tertiary/aromatic N) is 1. The monoisotopic (exact) mass is 385 g/mol. The van der Waals surface area contributed by atoms with Gasteiger partial charge >= 0.3 is 0 Å². The van der Waals surface area contributed by atoms with Crippen molar-refractivity contribution in [1.29, 1.82) is 0 Å². The summed E-state index contributed by atoms with van der Waals surface area (Å²) in [4.78, 5) is 27.8. The Balaban J connectivity index is 1.26. The van der Waals surface area contributed by atoms with Crippen LogP contribution >= 0.6 is 0 Å². The number of aryl methyl sites for hydroxylation is 2. The minimum atomic E-state index is -0.160. The smallest absolute Gasteiger partial charge is 0.238 e. The molecular formula is C25H23NO3. The van der Waals surface area contributed by atoms with Crippen LogP contribution in [0.5, 0.6) is 11.5 Å². The number of benzene rings is 2. The predicted octanol–water partition coefficient (Wildman–Crippen LogP) is 4.65. The highest BCUT2D eigenvalue weighted by Crippen LogP contribution is 2.65. The van der Waals surface area contributed by atoms with Gasteiger partial charge in [0.25, 0.3) is 0 Å². The second-order valence-electron chi connectivity index (χ2n) is 9.09. The molecule has 0 spiro atoms. The molecule has 7 rings (SSSR count). The van der Waals surface area contributed by atoms with Crippen LogP contribution in [0.25, 0.3) is 0 Å². The molecule has 2 aromatic carbocycles. The average Bonchev–Trinajstić information content (AvgIpc) is 3.46. The van der Waals surface area contributed by atoms with Crippen molar-refractivity contribution < 1.29 is 14.3 Å². The SMILES string of the molecule is Cc1cc(C)cc(Oc2ccc(N3C(=O)[C@H]4[C@@H]5C=C[C@H]([C@H]6C[C@H]56)[C@@H]4C3=O)cc2)c1. The van der Waals surface area contributed by atoms with Crippen LogP contribution in [0, 0.1) is 49.4 Å². The molecule has 29 heavy (non-hydrogen) atoms. The van der Waals surface area contributed by atoms with Gasteiger partial charge in [0.1, 0.15) is 11.5 Å². The van der Waals surface area contributed by atoms with Gasteiger partial charge in [0.15, 0.2) is 0 Å². The fourth-order valence-corrected chi connectivity index (χ4v) is 6.00. The molecule has 0 aromatic heterocycles. The predicted molar refractivity (Wildman–Crippen MR) is 110 cm³/mol. The summed E-state index contributed by atoms with van der Waals surface area (Å²) in [5.41, 5.74) is 2.94. The zero-order chi connectivity index (χ0) is 19.9. The van der Waals surface area contributed by atoms with E-state index in [9.17, 15) is 9.59 Å². The fourth-order valence-electron chi connectivity index (χ4n) is 6.00. The maximum Gasteiger partial charge on any atom is 0.238 e. The number of amides is 2. The number of carbonyl (C=O) groups is 2. The first-order valence-electron chi connectivity index (χ1n) is 10.4. The molecule has 5 aliphatic rings. The summed E-state index contributed by atoms with van der Waals surface area (Å²) in [6.07, 6.45) is 5.59. The highest BCUT2D eigenvalue weighted by atomic mass is 16.5. The van der Waals surface area contributed by atoms with Gasteiger partial charge in [0, 0.05) is 0 Å². The maximum atomic E-state index is 13.2. The molecule has 6 atom stereocenters. The molecular weight excluding hydrogens is 362 g/mol. The minimum absolute atomic E-state index is 0.0207. The Morgan fingerprint density at radius 2 is 1.34 bits per heavy atom. The van der Waals surface area contributed by atoms with Crippen LogP contribution in [0.3, 0.4) is 0 Å². The molecule has 3 fully saturated rings. The lowest BCUT2D eigenvalue weighted by atomic mass is 9.63. The van der Waals surface area contributed by atoms with Crippen LogP contribution < -0.4 is 9.64 Å². The number of imide groups is 1. The van der Waals surface area contributed by atoms with Crippen molar-refractivity contribution in [3.05, 3.63) is 65.7 Å². The van der Waals surface area contributed by atoms with Crippen LogP contribution in [0.1, 0.15) is 17.5 Å². The molecule has 4 nitrogen and oxygen atoms in total. The van der Waals surface area contributed by atoms with E-state index in [1.807, 2.05) is 50.2 Å². The quantitative estimate of drug-likeness (QED) is 0.571. The van der Waals surface area contributed by atoms with Gasteiger partial charge in [-0.2, -0.15) is 0 Å². The Morgan fingerprint density at radius 1 is 0.793 bits per heavy atom. The number of hydrogen-bond donors (Lipinski definition) is 0. The van der Waals surface area contributed by atoms with E-state index in [0.717, 1.165) is 16.9 Å². The third-order valence-corrected chi connectivity index (χ3v) is 7.19. The lowest BCUT2D eigenvalue weighted by molar-refractivity contribution is -0.124. The molecule has 4 aliphatic carbocycles. The Hall–Kier alpha value is -2.88. The van der Waals surface area contributed by atoms with Crippen LogP contribution in [0.4, 0.5) is 5.69 Å². The van der Waals surface area contributed by atoms with E-state index < -0.39 is 0 Å². The van der Waals surface area contributed by atoms with Crippen LogP contribution in [-0.4, -0.2) is 11.8 Å². The zero-order valence-electron chi connectivity index (χ0n) is 16.5. The van der Waals surface area contributed by atoms with Crippen molar-refractivity contribution in [1.82, 2.24) is 0 Å². The number of hydrogen-bond acceptors (Lipinski definition) is 3. The van der Waals surface area contributed by atoms with Gasteiger partial charge in [-0.05, 0) is 91.5 Å². The first kappa shape index (κ1) is 17.0. The zero-order valence-corrected chi connectivity index (χ0v) is 16.5. The van der Waals surface area contributed by atoms with E-state index in [1.54, 1.807) is 0 Å². The van der Waals surface area contributed by atoms with E-state index >= 15 is 0 Å². The number of carbonyl (C=O) groups excluding carboxylic acids is 2. The molecule has 2 aromatic rings. The summed E-state index contributed by atoms with van der Waals surface area (Å²) >= 11 is 0. The highest BCUT2D eigenvalue weighted by Gasteiger charge is 2.67. The Bertz CT molecular complexity index is 1010. The van der Waals surface area contributed by atoms with Crippen molar-refractivity contribution >= 4 is 17.5 Å². The number of rotatable bonds is 3. The van der Waals surface area contributed by atoms with Gasteiger partial charge in [-0.25, -0.2) is 0 Å². The Labute approximate surface area is 170 Å². The number of anilines is 1. The molecule has 2 saturated carbocycles. The molecule has 1 saturated heterocycles. The highest BCUT2D eigenvalue weighted by molar-refractivity contribution is 6.22. The topological polar surface area (TPSA) is 46.6 Å². The fraction of sp³-hybridized carbons (Fsp3) is 0.360. The first-order valence-corrected chi connectivity index (χ1v) is 10.4. The van der Waals surface area contributed by atoms with Crippen LogP contribution in [0.15, 0.2) is 54.6 Å². The maximum absolute atomic E-state index is 13.2. The van der Waals surface area contributed by atoms with E-state index in [-0.39, 0.29) is 35.5 Å². The summed E-state index contributed by atoms with van der Waals surface area (Å²) in [5, 5.41) is 0. The largest absolute Gasteiger partial charge is 0.457 e. The summed E-state index contributed by atoms with van der Waals surface area (Å²) in [7, 11) is 0. The van der Waals surface area contributed by atoms with Crippen molar-refractivity contribution in [2.24, 2.45) is 35.5 Å². The second-order valence-corrected chi connectivity index (χ2v) is 9.09. The van der Waals surface area contributed by atoms with E-state index in [0.29, 0.717) is 23.3 Å². The lowest BCUT2D eigenvalue weighted by Gasteiger charge is -2.37. The molecule has 146 valence electrons. The van der Waals surface area contributed by atoms with E-state index in [4.69, 9.17) is 4.74 Å². The normalized spacial score (nSPS) is 33.7. The first-order chi connectivity index (χ1) is 14.0. The third-order valence-electron chi connectivity index (χ3n) is 7.19. The van der Waals surface area contributed by atoms with Gasteiger partial charge < -0.3 is 4.74 Å².